The van der Waals surface area contributed by atoms with Crippen molar-refractivity contribution in [2.75, 3.05) is 49.5 Å². The highest BCUT2D eigenvalue weighted by Gasteiger charge is 2.23. The highest BCUT2D eigenvalue weighted by molar-refractivity contribution is 5.94. The minimum Gasteiger partial charge on any atom is -0.376 e. The highest BCUT2D eigenvalue weighted by Crippen LogP contribution is 2.18. The molecule has 29 heavy (non-hydrogen) atoms. The molecular weight excluding hydrogens is 366 g/mol. The third-order valence-electron chi connectivity index (χ3n) is 5.54. The maximum atomic E-state index is 12.8. The van der Waals surface area contributed by atoms with E-state index in [4.69, 9.17) is 4.74 Å². The van der Waals surface area contributed by atoms with Gasteiger partial charge in [-0.2, -0.15) is 0 Å². The number of carbonyl (C=O) groups is 1. The minimum atomic E-state index is 0.108. The second-order valence-corrected chi connectivity index (χ2v) is 7.95. The molecule has 0 aliphatic carbocycles. The summed E-state index contributed by atoms with van der Waals surface area (Å²) in [6.07, 6.45) is 2.51. The first-order valence-electron chi connectivity index (χ1n) is 10.4. The van der Waals surface area contributed by atoms with Crippen LogP contribution in [-0.4, -0.2) is 66.4 Å². The molecule has 154 valence electrons. The lowest BCUT2D eigenvalue weighted by Gasteiger charge is -2.35. The largest absolute Gasteiger partial charge is 0.376 e. The van der Waals surface area contributed by atoms with Gasteiger partial charge in [-0.15, -0.1) is 10.2 Å². The standard InChI is InChI=1S/C22H29N5O2/c1-16-12-17(2)14-18(13-16)22(28)27-9-7-26(8-10-27)21-6-5-20(24-25-21)23-15-19-4-3-11-29-19/h5-6,12-14,19H,3-4,7-11,15H2,1-2H3,(H,23,24). The minimum absolute atomic E-state index is 0.108. The van der Waals surface area contributed by atoms with E-state index in [9.17, 15) is 4.79 Å². The number of piperazine rings is 1. The molecule has 2 aliphatic heterocycles. The molecule has 1 aromatic heterocycles. The smallest absolute Gasteiger partial charge is 0.253 e. The number of benzene rings is 1. The van der Waals surface area contributed by atoms with Crippen LogP contribution in [0.1, 0.15) is 34.3 Å². The molecule has 2 saturated heterocycles. The van der Waals surface area contributed by atoms with Crippen LogP contribution in [0, 0.1) is 13.8 Å². The summed E-state index contributed by atoms with van der Waals surface area (Å²) in [5.74, 6) is 1.73. The first-order valence-corrected chi connectivity index (χ1v) is 10.4. The van der Waals surface area contributed by atoms with E-state index < -0.39 is 0 Å². The molecule has 3 heterocycles. The van der Waals surface area contributed by atoms with Crippen LogP contribution in [-0.2, 0) is 4.74 Å². The van der Waals surface area contributed by atoms with E-state index >= 15 is 0 Å². The normalized spacial score (nSPS) is 19.4. The summed E-state index contributed by atoms with van der Waals surface area (Å²) in [5, 5.41) is 12.0. The van der Waals surface area contributed by atoms with Crippen molar-refractivity contribution in [3.8, 4) is 0 Å². The number of aromatic nitrogens is 2. The number of aryl methyl sites for hydroxylation is 2. The summed E-state index contributed by atoms with van der Waals surface area (Å²) >= 11 is 0. The van der Waals surface area contributed by atoms with Gasteiger partial charge in [0.25, 0.3) is 5.91 Å². The van der Waals surface area contributed by atoms with E-state index in [1.165, 1.54) is 0 Å². The summed E-state index contributed by atoms with van der Waals surface area (Å²) in [6.45, 7) is 8.57. The molecule has 1 unspecified atom stereocenters. The lowest BCUT2D eigenvalue weighted by molar-refractivity contribution is 0.0746. The molecule has 4 rings (SSSR count). The van der Waals surface area contributed by atoms with Crippen molar-refractivity contribution < 1.29 is 9.53 Å². The van der Waals surface area contributed by atoms with Crippen molar-refractivity contribution in [2.45, 2.75) is 32.8 Å². The van der Waals surface area contributed by atoms with Crippen molar-refractivity contribution in [1.29, 1.82) is 0 Å². The Kier molecular flexibility index (Phi) is 5.94. The van der Waals surface area contributed by atoms with Crippen LogP contribution in [0.15, 0.2) is 30.3 Å². The first kappa shape index (κ1) is 19.6. The number of anilines is 2. The van der Waals surface area contributed by atoms with Gasteiger partial charge in [0.15, 0.2) is 5.82 Å². The summed E-state index contributed by atoms with van der Waals surface area (Å²) < 4.78 is 5.62. The van der Waals surface area contributed by atoms with Gasteiger partial charge >= 0.3 is 0 Å². The zero-order valence-electron chi connectivity index (χ0n) is 17.2. The van der Waals surface area contributed by atoms with Crippen LogP contribution < -0.4 is 10.2 Å². The van der Waals surface area contributed by atoms with Gasteiger partial charge in [0.05, 0.1) is 6.10 Å². The molecule has 7 heteroatoms. The molecule has 0 saturated carbocycles. The van der Waals surface area contributed by atoms with E-state index in [2.05, 4.69) is 26.5 Å². The van der Waals surface area contributed by atoms with Crippen molar-refractivity contribution in [1.82, 2.24) is 15.1 Å². The fourth-order valence-corrected chi connectivity index (χ4v) is 4.03. The molecule has 2 aliphatic rings. The van der Waals surface area contributed by atoms with Crippen LogP contribution in [0.2, 0.25) is 0 Å². The van der Waals surface area contributed by atoms with Gasteiger partial charge in [-0.25, -0.2) is 0 Å². The highest BCUT2D eigenvalue weighted by atomic mass is 16.5. The number of rotatable bonds is 5. The Labute approximate surface area is 172 Å². The van der Waals surface area contributed by atoms with Crippen molar-refractivity contribution in [2.24, 2.45) is 0 Å². The monoisotopic (exact) mass is 395 g/mol. The molecule has 0 radical (unpaired) electrons. The Hall–Kier alpha value is -2.67. The number of nitrogens with zero attached hydrogens (tertiary/aromatic N) is 4. The lowest BCUT2D eigenvalue weighted by atomic mass is 10.1. The third-order valence-corrected chi connectivity index (χ3v) is 5.54. The van der Waals surface area contributed by atoms with Crippen LogP contribution in [0.25, 0.3) is 0 Å². The number of amides is 1. The van der Waals surface area contributed by atoms with E-state index in [0.717, 1.165) is 67.4 Å². The Morgan fingerprint density at radius 3 is 2.48 bits per heavy atom. The van der Waals surface area contributed by atoms with E-state index in [1.54, 1.807) is 0 Å². The average molecular weight is 396 g/mol. The predicted octanol–water partition coefficient (Wildman–Crippen LogP) is 2.65. The molecule has 0 spiro atoms. The van der Waals surface area contributed by atoms with Gasteiger partial charge in [0, 0.05) is 44.9 Å². The van der Waals surface area contributed by atoms with Crippen LogP contribution in [0.3, 0.4) is 0 Å². The number of carbonyl (C=O) groups excluding carboxylic acids is 1. The Bertz CT molecular complexity index is 821. The number of hydrogen-bond donors (Lipinski definition) is 1. The lowest BCUT2D eigenvalue weighted by Crippen LogP contribution is -2.49. The van der Waals surface area contributed by atoms with Gasteiger partial charge in [-0.05, 0) is 51.0 Å². The average Bonchev–Trinajstić information content (AvgIpc) is 3.25. The van der Waals surface area contributed by atoms with E-state index in [0.29, 0.717) is 13.1 Å². The zero-order valence-corrected chi connectivity index (χ0v) is 17.2. The fraction of sp³-hybridized carbons (Fsp3) is 0.500. The maximum Gasteiger partial charge on any atom is 0.253 e. The van der Waals surface area contributed by atoms with Crippen LogP contribution >= 0.6 is 0 Å². The molecule has 1 N–H and O–H groups in total. The molecule has 7 nitrogen and oxygen atoms in total. The zero-order chi connectivity index (χ0) is 20.2. The molecule has 2 aromatic rings. The number of hydrogen-bond acceptors (Lipinski definition) is 6. The fourth-order valence-electron chi connectivity index (χ4n) is 4.03. The summed E-state index contributed by atoms with van der Waals surface area (Å²) in [6, 6.07) is 9.98. The first-order chi connectivity index (χ1) is 14.1. The molecule has 1 atom stereocenters. The molecule has 2 fully saturated rings. The van der Waals surface area contributed by atoms with Gasteiger partial charge in [-0.3, -0.25) is 4.79 Å². The Balaban J connectivity index is 1.30. The van der Waals surface area contributed by atoms with E-state index in [1.807, 2.05) is 43.0 Å². The number of ether oxygens (including phenoxy) is 1. The molecule has 1 amide bonds. The molecule has 0 bridgehead atoms. The molecular formula is C22H29N5O2. The summed E-state index contributed by atoms with van der Waals surface area (Å²) in [4.78, 5) is 16.9. The van der Waals surface area contributed by atoms with Crippen molar-refractivity contribution in [3.05, 3.63) is 47.0 Å². The quantitative estimate of drug-likeness (QED) is 0.839. The summed E-state index contributed by atoms with van der Waals surface area (Å²) in [5.41, 5.74) is 3.02. The SMILES string of the molecule is Cc1cc(C)cc(C(=O)N2CCN(c3ccc(NCC4CCCO4)nn3)CC2)c1. The second kappa shape index (κ2) is 8.78. The van der Waals surface area contributed by atoms with Gasteiger partial charge in [0.1, 0.15) is 5.82 Å². The third kappa shape index (κ3) is 4.85. The Morgan fingerprint density at radius 2 is 1.86 bits per heavy atom. The van der Waals surface area contributed by atoms with Gasteiger partial charge in [0.2, 0.25) is 0 Å². The van der Waals surface area contributed by atoms with Crippen LogP contribution in [0.5, 0.6) is 0 Å². The van der Waals surface area contributed by atoms with Crippen LogP contribution in [0.4, 0.5) is 11.6 Å². The number of nitrogens with one attached hydrogen (secondary N) is 1. The predicted molar refractivity (Wildman–Crippen MR) is 114 cm³/mol. The second-order valence-electron chi connectivity index (χ2n) is 7.95. The maximum absolute atomic E-state index is 12.8. The molecule has 1 aromatic carbocycles. The van der Waals surface area contributed by atoms with Crippen molar-refractivity contribution >= 4 is 17.5 Å². The van der Waals surface area contributed by atoms with Gasteiger partial charge in [-0.1, -0.05) is 17.2 Å². The van der Waals surface area contributed by atoms with Crippen molar-refractivity contribution in [3.63, 3.8) is 0 Å². The Morgan fingerprint density at radius 1 is 1.10 bits per heavy atom. The van der Waals surface area contributed by atoms with Gasteiger partial charge < -0.3 is 19.9 Å². The van der Waals surface area contributed by atoms with E-state index in [-0.39, 0.29) is 12.0 Å². The summed E-state index contributed by atoms with van der Waals surface area (Å²) in [7, 11) is 0. The topological polar surface area (TPSA) is 70.6 Å².